The lowest BCUT2D eigenvalue weighted by Gasteiger charge is -2.42. The molecule has 1 aliphatic heterocycles. The largest absolute Gasteiger partial charge is 0.501 e. The quantitative estimate of drug-likeness (QED) is 0.737. The van der Waals surface area contributed by atoms with Crippen LogP contribution in [0.2, 0.25) is 0 Å². The molecular weight excluding hydrogens is 330 g/mol. The Balaban J connectivity index is 3.62. The Bertz CT molecular complexity index is 647. The number of nitrogens with zero attached hydrogens (tertiary/aromatic N) is 1. The second-order valence-electron chi connectivity index (χ2n) is 8.30. The predicted molar refractivity (Wildman–Crippen MR) is 103 cm³/mol. The van der Waals surface area contributed by atoms with Gasteiger partial charge in [0.2, 0.25) is 5.91 Å². The van der Waals surface area contributed by atoms with Crippen LogP contribution in [0.5, 0.6) is 0 Å². The van der Waals surface area contributed by atoms with E-state index in [0.29, 0.717) is 6.42 Å². The van der Waals surface area contributed by atoms with Gasteiger partial charge in [-0.15, -0.1) is 0 Å². The summed E-state index contributed by atoms with van der Waals surface area (Å²) >= 11 is 0. The zero-order valence-corrected chi connectivity index (χ0v) is 17.3. The zero-order valence-electron chi connectivity index (χ0n) is 17.3. The number of carbonyl (C=O) groups excluding carboxylic acids is 1. The fourth-order valence-electron chi connectivity index (χ4n) is 3.02. The third kappa shape index (κ3) is 5.23. The number of aliphatic carboxylic acids is 1. The van der Waals surface area contributed by atoms with Crippen molar-refractivity contribution >= 4 is 11.9 Å². The first-order valence-corrected chi connectivity index (χ1v) is 9.05. The van der Waals surface area contributed by atoms with Crippen LogP contribution in [0.4, 0.5) is 0 Å². The molecule has 146 valence electrons. The van der Waals surface area contributed by atoms with Gasteiger partial charge in [0.25, 0.3) is 0 Å². The number of allylic oxidation sites excluding steroid dienone is 5. The molecule has 0 aromatic carbocycles. The van der Waals surface area contributed by atoms with Gasteiger partial charge in [0.1, 0.15) is 6.54 Å². The molecule has 0 spiro atoms. The van der Waals surface area contributed by atoms with E-state index in [4.69, 9.17) is 4.74 Å². The van der Waals surface area contributed by atoms with E-state index >= 15 is 0 Å². The molecule has 1 saturated heterocycles. The van der Waals surface area contributed by atoms with Gasteiger partial charge in [-0.2, -0.15) is 0 Å². The molecule has 1 fully saturated rings. The van der Waals surface area contributed by atoms with Crippen LogP contribution in [0.15, 0.2) is 34.8 Å². The molecule has 0 aliphatic carbocycles. The molecule has 0 bridgehead atoms. The molecule has 0 aromatic rings. The van der Waals surface area contributed by atoms with Crippen LogP contribution in [-0.4, -0.2) is 35.5 Å². The van der Waals surface area contributed by atoms with Crippen molar-refractivity contribution in [3.8, 4) is 0 Å². The highest BCUT2D eigenvalue weighted by Gasteiger charge is 2.42. The number of ether oxygens (including phenoxy) is 1. The van der Waals surface area contributed by atoms with E-state index in [1.807, 2.05) is 46.8 Å². The summed E-state index contributed by atoms with van der Waals surface area (Å²) < 4.78 is 5.22. The van der Waals surface area contributed by atoms with Crippen molar-refractivity contribution in [2.75, 3.05) is 13.7 Å². The van der Waals surface area contributed by atoms with Crippen LogP contribution in [0.1, 0.15) is 54.9 Å². The van der Waals surface area contributed by atoms with Crippen LogP contribution >= 0.6 is 0 Å². The van der Waals surface area contributed by atoms with Crippen molar-refractivity contribution in [1.82, 2.24) is 4.90 Å². The minimum absolute atomic E-state index is 0.112. The number of carboxylic acids is 1. The summed E-state index contributed by atoms with van der Waals surface area (Å²) in [6, 6.07) is 0. The maximum absolute atomic E-state index is 13.1. The molecule has 0 saturated carbocycles. The molecular formula is C21H33NO4. The topological polar surface area (TPSA) is 66.8 Å². The van der Waals surface area contributed by atoms with E-state index < -0.39 is 5.97 Å². The normalized spacial score (nSPS) is 22.9. The first-order chi connectivity index (χ1) is 11.9. The number of carbonyl (C=O) groups is 2. The SMILES string of the molecule is CO/C(C)=C/C=C1/CC(C(C)(C)C)C(=O)N(CC(=O)O)/C1=C(/C)C(C)C. The minimum atomic E-state index is -1.01. The average molecular weight is 363 g/mol. The lowest BCUT2D eigenvalue weighted by atomic mass is 9.72. The lowest BCUT2D eigenvalue weighted by molar-refractivity contribution is -0.147. The highest BCUT2D eigenvalue weighted by atomic mass is 16.5. The van der Waals surface area contributed by atoms with Crippen molar-refractivity contribution in [3.63, 3.8) is 0 Å². The van der Waals surface area contributed by atoms with E-state index in [0.717, 1.165) is 22.6 Å². The van der Waals surface area contributed by atoms with Crippen LogP contribution in [0.3, 0.4) is 0 Å². The first kappa shape index (κ1) is 22.0. The number of rotatable bonds is 5. The summed E-state index contributed by atoms with van der Waals surface area (Å²) in [7, 11) is 1.61. The van der Waals surface area contributed by atoms with Gasteiger partial charge in [0, 0.05) is 11.6 Å². The Morgan fingerprint density at radius 1 is 1.35 bits per heavy atom. The molecule has 1 unspecified atom stereocenters. The molecule has 5 nitrogen and oxygen atoms in total. The maximum Gasteiger partial charge on any atom is 0.323 e. The Hall–Kier alpha value is -2.04. The Labute approximate surface area is 157 Å². The summed E-state index contributed by atoms with van der Waals surface area (Å²) in [5.74, 6) is -0.429. The number of piperidine rings is 1. The summed E-state index contributed by atoms with van der Waals surface area (Å²) in [5, 5.41) is 9.39. The van der Waals surface area contributed by atoms with Gasteiger partial charge in [0.15, 0.2) is 0 Å². The van der Waals surface area contributed by atoms with Crippen molar-refractivity contribution in [3.05, 3.63) is 34.8 Å². The molecule has 1 heterocycles. The Kier molecular flexibility index (Phi) is 7.25. The fraction of sp³-hybridized carbons (Fsp3) is 0.619. The number of hydrogen-bond donors (Lipinski definition) is 1. The van der Waals surface area contributed by atoms with Crippen molar-refractivity contribution in [2.24, 2.45) is 17.3 Å². The summed E-state index contributed by atoms with van der Waals surface area (Å²) in [6.07, 6.45) is 4.42. The standard InChI is InChI=1S/C21H33NO4/c1-13(2)15(4)19-16(10-9-14(3)26-8)11-17(21(5,6)7)20(25)22(19)12-18(23)24/h9-10,13,17H,11-12H2,1-8H3,(H,23,24)/b14-9+,16-10-,19-15-. The molecule has 26 heavy (non-hydrogen) atoms. The van der Waals surface area contributed by atoms with Gasteiger partial charge in [-0.05, 0) is 48.8 Å². The molecule has 1 rings (SSSR count). The zero-order chi connectivity index (χ0) is 20.2. The van der Waals surface area contributed by atoms with Gasteiger partial charge < -0.3 is 14.7 Å². The van der Waals surface area contributed by atoms with E-state index in [1.54, 1.807) is 7.11 Å². The van der Waals surface area contributed by atoms with Crippen LogP contribution < -0.4 is 0 Å². The predicted octanol–water partition coefficient (Wildman–Crippen LogP) is 4.37. The number of likely N-dealkylation sites (tertiary alicyclic amines) is 1. The van der Waals surface area contributed by atoms with Crippen molar-refractivity contribution in [1.29, 1.82) is 0 Å². The summed E-state index contributed by atoms with van der Waals surface area (Å²) in [4.78, 5) is 26.1. The van der Waals surface area contributed by atoms with Gasteiger partial charge >= 0.3 is 5.97 Å². The Morgan fingerprint density at radius 2 is 1.92 bits per heavy atom. The molecule has 1 atom stereocenters. The number of hydrogen-bond acceptors (Lipinski definition) is 3. The Morgan fingerprint density at radius 3 is 2.35 bits per heavy atom. The monoisotopic (exact) mass is 363 g/mol. The second kappa shape index (κ2) is 8.56. The first-order valence-electron chi connectivity index (χ1n) is 9.05. The fourth-order valence-corrected chi connectivity index (χ4v) is 3.02. The van der Waals surface area contributed by atoms with E-state index in [-0.39, 0.29) is 29.7 Å². The van der Waals surface area contributed by atoms with Gasteiger partial charge in [0.05, 0.1) is 12.9 Å². The third-order valence-corrected chi connectivity index (χ3v) is 4.98. The van der Waals surface area contributed by atoms with Crippen molar-refractivity contribution in [2.45, 2.75) is 54.9 Å². The molecule has 0 radical (unpaired) electrons. The second-order valence-corrected chi connectivity index (χ2v) is 8.30. The minimum Gasteiger partial charge on any atom is -0.501 e. The maximum atomic E-state index is 13.1. The smallest absolute Gasteiger partial charge is 0.323 e. The molecule has 5 heteroatoms. The third-order valence-electron chi connectivity index (χ3n) is 4.98. The highest BCUT2D eigenvalue weighted by molar-refractivity contribution is 5.88. The van der Waals surface area contributed by atoms with E-state index in [2.05, 4.69) is 13.8 Å². The van der Waals surface area contributed by atoms with Crippen LogP contribution in [0, 0.1) is 17.3 Å². The van der Waals surface area contributed by atoms with Gasteiger partial charge in [-0.1, -0.05) is 40.7 Å². The highest BCUT2D eigenvalue weighted by Crippen LogP contribution is 2.42. The summed E-state index contributed by atoms with van der Waals surface area (Å²) in [6.45, 7) is 13.7. The van der Waals surface area contributed by atoms with Gasteiger partial charge in [-0.25, -0.2) is 0 Å². The molecule has 1 amide bonds. The molecule has 1 aliphatic rings. The van der Waals surface area contributed by atoms with E-state index in [9.17, 15) is 14.7 Å². The van der Waals surface area contributed by atoms with Crippen molar-refractivity contribution < 1.29 is 19.4 Å². The number of methoxy groups -OCH3 is 1. The number of carboxylic acid groups (broad SMARTS) is 1. The average Bonchev–Trinajstić information content (AvgIpc) is 2.52. The summed E-state index contributed by atoms with van der Waals surface area (Å²) in [5.41, 5.74) is 2.48. The molecule has 0 aromatic heterocycles. The van der Waals surface area contributed by atoms with Crippen LogP contribution in [0.25, 0.3) is 0 Å². The van der Waals surface area contributed by atoms with E-state index in [1.165, 1.54) is 4.90 Å². The lowest BCUT2D eigenvalue weighted by Crippen LogP contribution is -2.48. The number of amides is 1. The molecule has 1 N–H and O–H groups in total. The van der Waals surface area contributed by atoms with Gasteiger partial charge in [-0.3, -0.25) is 9.59 Å². The van der Waals surface area contributed by atoms with Crippen LogP contribution in [-0.2, 0) is 14.3 Å².